The molecule has 26 heavy (non-hydrogen) atoms. The molecule has 3 N–H and O–H groups in total. The van der Waals surface area contributed by atoms with E-state index in [1.165, 1.54) is 29.7 Å². The molecule has 2 saturated carbocycles. The summed E-state index contributed by atoms with van der Waals surface area (Å²) in [6, 6.07) is 9.00. The molecule has 0 spiro atoms. The molecule has 4 heteroatoms. The molecular weight excluding hydrogens is 320 g/mol. The molecule has 4 nitrogen and oxygen atoms in total. The molecule has 2 bridgehead atoms. The number of hydrazone groups is 1. The van der Waals surface area contributed by atoms with Crippen LogP contribution in [-0.2, 0) is 6.54 Å². The smallest absolute Gasteiger partial charge is 0.0635 e. The molecule has 0 saturated heterocycles. The zero-order valence-electron chi connectivity index (χ0n) is 16.5. The Morgan fingerprint density at radius 1 is 1.15 bits per heavy atom. The van der Waals surface area contributed by atoms with E-state index in [4.69, 9.17) is 0 Å². The van der Waals surface area contributed by atoms with Gasteiger partial charge in [-0.1, -0.05) is 24.3 Å². The number of hydrogen-bond acceptors (Lipinski definition) is 4. The number of benzene rings is 1. The highest BCUT2D eigenvalue weighted by atomic mass is 15.3. The van der Waals surface area contributed by atoms with E-state index in [9.17, 15) is 0 Å². The monoisotopic (exact) mass is 352 g/mol. The highest BCUT2D eigenvalue weighted by molar-refractivity contribution is 5.80. The molecule has 1 aliphatic heterocycles. The summed E-state index contributed by atoms with van der Waals surface area (Å²) in [6.07, 6.45) is 4.83. The minimum Gasteiger partial charge on any atom is -0.319 e. The van der Waals surface area contributed by atoms with Gasteiger partial charge >= 0.3 is 0 Å². The third-order valence-electron chi connectivity index (χ3n) is 6.23. The minimum absolute atomic E-state index is 0.140. The lowest BCUT2D eigenvalue weighted by atomic mass is 9.76. The second-order valence-corrected chi connectivity index (χ2v) is 9.20. The van der Waals surface area contributed by atoms with Gasteiger partial charge in [-0.3, -0.25) is 5.43 Å². The van der Waals surface area contributed by atoms with Gasteiger partial charge in [-0.15, -0.1) is 0 Å². The van der Waals surface area contributed by atoms with E-state index in [-0.39, 0.29) is 5.54 Å². The van der Waals surface area contributed by atoms with Gasteiger partial charge in [-0.2, -0.15) is 5.10 Å². The standard InChI is InChI=1S/C22H32N4/c1-22(2,3)24-11-14-5-7-15(8-6-14)21-20-18-10-16(9-17(18)12-23-4)19(20)13-25-26-21/h5-8,13,16-19,23-24,26H,9-12H2,1-4H3. The average molecular weight is 353 g/mol. The van der Waals surface area contributed by atoms with Crippen molar-refractivity contribution >= 4 is 11.9 Å². The highest BCUT2D eigenvalue weighted by Gasteiger charge is 2.50. The van der Waals surface area contributed by atoms with E-state index in [1.54, 1.807) is 5.57 Å². The van der Waals surface area contributed by atoms with E-state index in [1.807, 2.05) is 0 Å². The van der Waals surface area contributed by atoms with Crippen molar-refractivity contribution < 1.29 is 0 Å². The first-order valence-electron chi connectivity index (χ1n) is 9.98. The first kappa shape index (κ1) is 17.7. The van der Waals surface area contributed by atoms with Crippen LogP contribution in [0.25, 0.3) is 5.70 Å². The van der Waals surface area contributed by atoms with Gasteiger partial charge < -0.3 is 10.6 Å². The van der Waals surface area contributed by atoms with Gasteiger partial charge in [0.25, 0.3) is 0 Å². The molecule has 4 unspecified atom stereocenters. The number of nitrogens with one attached hydrogen (secondary N) is 3. The lowest BCUT2D eigenvalue weighted by Crippen LogP contribution is -2.35. The molecule has 0 aromatic heterocycles. The van der Waals surface area contributed by atoms with Crippen LogP contribution in [0, 0.1) is 23.7 Å². The van der Waals surface area contributed by atoms with Crippen LogP contribution in [0.15, 0.2) is 34.9 Å². The molecular formula is C22H32N4. The van der Waals surface area contributed by atoms with Gasteiger partial charge in [0, 0.05) is 24.2 Å². The number of hydrogen-bond donors (Lipinski definition) is 3. The van der Waals surface area contributed by atoms with E-state index in [2.05, 4.69) is 79.5 Å². The first-order valence-corrected chi connectivity index (χ1v) is 9.98. The first-order chi connectivity index (χ1) is 12.5. The Hall–Kier alpha value is -1.65. The predicted molar refractivity (Wildman–Crippen MR) is 109 cm³/mol. The van der Waals surface area contributed by atoms with Crippen molar-refractivity contribution in [2.75, 3.05) is 13.6 Å². The third kappa shape index (κ3) is 3.33. The summed E-state index contributed by atoms with van der Waals surface area (Å²) in [5, 5.41) is 11.5. The summed E-state index contributed by atoms with van der Waals surface area (Å²) >= 11 is 0. The van der Waals surface area contributed by atoms with Crippen molar-refractivity contribution in [3.63, 3.8) is 0 Å². The van der Waals surface area contributed by atoms with Crippen LogP contribution in [0.2, 0.25) is 0 Å². The maximum absolute atomic E-state index is 4.50. The summed E-state index contributed by atoms with van der Waals surface area (Å²) < 4.78 is 0. The van der Waals surface area contributed by atoms with Gasteiger partial charge in [0.2, 0.25) is 0 Å². The van der Waals surface area contributed by atoms with E-state index < -0.39 is 0 Å². The van der Waals surface area contributed by atoms with Crippen LogP contribution >= 0.6 is 0 Å². The Morgan fingerprint density at radius 2 is 1.92 bits per heavy atom. The predicted octanol–water partition coefficient (Wildman–Crippen LogP) is 3.37. The van der Waals surface area contributed by atoms with E-state index >= 15 is 0 Å². The summed E-state index contributed by atoms with van der Waals surface area (Å²) in [4.78, 5) is 0. The van der Waals surface area contributed by atoms with Gasteiger partial charge in [0.05, 0.1) is 5.70 Å². The molecule has 0 amide bonds. The van der Waals surface area contributed by atoms with Gasteiger partial charge in [0.15, 0.2) is 0 Å². The molecule has 4 atom stereocenters. The summed E-state index contributed by atoms with van der Waals surface area (Å²) in [6.45, 7) is 8.63. The Labute approximate surface area is 157 Å². The molecule has 140 valence electrons. The summed E-state index contributed by atoms with van der Waals surface area (Å²) in [7, 11) is 2.07. The molecule has 0 radical (unpaired) electrons. The Kier molecular flexibility index (Phi) is 4.66. The largest absolute Gasteiger partial charge is 0.319 e. The Morgan fingerprint density at radius 3 is 2.62 bits per heavy atom. The molecule has 1 heterocycles. The minimum atomic E-state index is 0.140. The fourth-order valence-electron chi connectivity index (χ4n) is 5.02. The fraction of sp³-hybridized carbons (Fsp3) is 0.591. The highest BCUT2D eigenvalue weighted by Crippen LogP contribution is 2.56. The molecule has 1 aromatic carbocycles. The van der Waals surface area contributed by atoms with Gasteiger partial charge in [0.1, 0.15) is 0 Å². The molecule has 1 aromatic rings. The number of rotatable bonds is 5. The lowest BCUT2D eigenvalue weighted by molar-refractivity contribution is 0.362. The number of fused-ring (bicyclic) bond motifs is 5. The second kappa shape index (κ2) is 6.82. The number of allylic oxidation sites excluding steroid dienone is 1. The van der Waals surface area contributed by atoms with Crippen LogP contribution < -0.4 is 16.1 Å². The molecule has 4 rings (SSSR count). The average Bonchev–Trinajstić information content (AvgIpc) is 3.19. The van der Waals surface area contributed by atoms with Crippen LogP contribution in [0.4, 0.5) is 0 Å². The normalized spacial score (nSPS) is 29.8. The van der Waals surface area contributed by atoms with Crippen molar-refractivity contribution in [1.29, 1.82) is 0 Å². The van der Waals surface area contributed by atoms with Crippen molar-refractivity contribution in [2.24, 2.45) is 28.8 Å². The SMILES string of the molecule is CNCC1CC2CC1C1=C(c3ccc(CNC(C)(C)C)cc3)NN=CC12. The van der Waals surface area contributed by atoms with Crippen LogP contribution in [-0.4, -0.2) is 25.3 Å². The zero-order valence-corrected chi connectivity index (χ0v) is 16.5. The van der Waals surface area contributed by atoms with Crippen LogP contribution in [0.3, 0.4) is 0 Å². The topological polar surface area (TPSA) is 48.4 Å². The Bertz CT molecular complexity index is 711. The quantitative estimate of drug-likeness (QED) is 0.761. The van der Waals surface area contributed by atoms with E-state index in [0.717, 1.165) is 24.9 Å². The maximum Gasteiger partial charge on any atom is 0.0635 e. The van der Waals surface area contributed by atoms with E-state index in [0.29, 0.717) is 11.8 Å². The second-order valence-electron chi connectivity index (χ2n) is 9.20. The van der Waals surface area contributed by atoms with Gasteiger partial charge in [-0.05, 0) is 81.7 Å². The number of nitrogens with zero attached hydrogens (tertiary/aromatic N) is 1. The van der Waals surface area contributed by atoms with Crippen molar-refractivity contribution in [3.8, 4) is 0 Å². The van der Waals surface area contributed by atoms with Crippen LogP contribution in [0.1, 0.15) is 44.7 Å². The molecule has 3 aliphatic rings. The van der Waals surface area contributed by atoms with Gasteiger partial charge in [-0.25, -0.2) is 0 Å². The van der Waals surface area contributed by atoms with Crippen molar-refractivity contribution in [2.45, 2.75) is 45.7 Å². The lowest BCUT2D eigenvalue weighted by Gasteiger charge is -2.33. The molecule has 2 fully saturated rings. The fourth-order valence-corrected chi connectivity index (χ4v) is 5.02. The summed E-state index contributed by atoms with van der Waals surface area (Å²) in [5.41, 5.74) is 8.96. The third-order valence-corrected chi connectivity index (χ3v) is 6.23. The van der Waals surface area contributed by atoms with Crippen LogP contribution in [0.5, 0.6) is 0 Å². The summed E-state index contributed by atoms with van der Waals surface area (Å²) in [5.74, 6) is 2.81. The molecule has 2 aliphatic carbocycles. The van der Waals surface area contributed by atoms with Crippen molar-refractivity contribution in [1.82, 2.24) is 16.1 Å². The van der Waals surface area contributed by atoms with Crippen molar-refractivity contribution in [3.05, 3.63) is 41.0 Å². The zero-order chi connectivity index (χ0) is 18.3. The maximum atomic E-state index is 4.50. The Balaban J connectivity index is 1.57.